The first-order valence-electron chi connectivity index (χ1n) is 7.52. The van der Waals surface area contributed by atoms with Crippen LogP contribution in [-0.4, -0.2) is 24.8 Å². The highest BCUT2D eigenvalue weighted by Crippen LogP contribution is 2.31. The molecule has 0 radical (unpaired) electrons. The van der Waals surface area contributed by atoms with E-state index in [1.807, 2.05) is 0 Å². The highest BCUT2D eigenvalue weighted by molar-refractivity contribution is 5.32. The van der Waals surface area contributed by atoms with Crippen molar-refractivity contribution in [2.45, 2.75) is 45.4 Å². The van der Waals surface area contributed by atoms with Crippen LogP contribution in [0.15, 0.2) is 24.3 Å². The van der Waals surface area contributed by atoms with Gasteiger partial charge in [0.2, 0.25) is 0 Å². The number of rotatable bonds is 6. The molecular weight excluding hydrogens is 234 g/mol. The number of nitrogens with one attached hydrogen (secondary N) is 1. The van der Waals surface area contributed by atoms with Gasteiger partial charge in [-0.05, 0) is 48.1 Å². The lowest BCUT2D eigenvalue weighted by Crippen LogP contribution is -2.33. The van der Waals surface area contributed by atoms with Crippen molar-refractivity contribution >= 4 is 0 Å². The maximum Gasteiger partial charge on any atom is 0.0436 e. The Bertz CT molecular complexity index is 400. The average Bonchev–Trinajstić information content (AvgIpc) is 2.39. The van der Waals surface area contributed by atoms with Crippen LogP contribution in [0.3, 0.4) is 0 Å². The number of benzene rings is 1. The van der Waals surface area contributed by atoms with Crippen molar-refractivity contribution in [2.24, 2.45) is 5.41 Å². The predicted octanol–water partition coefficient (Wildman–Crippen LogP) is 3.10. The van der Waals surface area contributed by atoms with E-state index in [0.717, 1.165) is 19.5 Å². The lowest BCUT2D eigenvalue weighted by Gasteiger charge is -2.29. The second-order valence-corrected chi connectivity index (χ2v) is 6.56. The molecule has 0 aromatic heterocycles. The summed E-state index contributed by atoms with van der Waals surface area (Å²) in [7, 11) is 0. The fourth-order valence-corrected chi connectivity index (χ4v) is 3.04. The van der Waals surface area contributed by atoms with E-state index in [1.165, 1.54) is 24.8 Å². The van der Waals surface area contributed by atoms with Crippen molar-refractivity contribution in [2.75, 3.05) is 19.7 Å². The Kier molecular flexibility index (Phi) is 5.00. The quantitative estimate of drug-likeness (QED) is 0.824. The summed E-state index contributed by atoms with van der Waals surface area (Å²) in [5, 5.41) is 12.7. The number of aliphatic hydroxyl groups is 1. The molecule has 0 saturated heterocycles. The second kappa shape index (κ2) is 6.53. The molecule has 2 N–H and O–H groups in total. The molecule has 1 atom stereocenters. The van der Waals surface area contributed by atoms with Crippen LogP contribution in [0.4, 0.5) is 0 Å². The highest BCUT2D eigenvalue weighted by atomic mass is 16.3. The summed E-state index contributed by atoms with van der Waals surface area (Å²) in [5.74, 6) is 0.662. The first-order valence-corrected chi connectivity index (χ1v) is 7.52. The third-order valence-corrected chi connectivity index (χ3v) is 4.28. The summed E-state index contributed by atoms with van der Waals surface area (Å²) in [4.78, 5) is 0. The van der Waals surface area contributed by atoms with Crippen molar-refractivity contribution in [1.29, 1.82) is 0 Å². The van der Waals surface area contributed by atoms with Crippen molar-refractivity contribution in [3.63, 3.8) is 0 Å². The fraction of sp³-hybridized carbons (Fsp3) is 0.647. The van der Waals surface area contributed by atoms with Crippen molar-refractivity contribution in [3.05, 3.63) is 35.4 Å². The van der Waals surface area contributed by atoms with Gasteiger partial charge in [0.15, 0.2) is 0 Å². The Hall–Kier alpha value is -0.860. The Morgan fingerprint density at radius 2 is 2.11 bits per heavy atom. The SMILES string of the molecule is CC(C)(CCO)CNCC1CCCc2ccccc21. The monoisotopic (exact) mass is 261 g/mol. The molecule has 0 heterocycles. The molecule has 1 aromatic rings. The standard InChI is InChI=1S/C17H27NO/c1-17(2,10-11-19)13-18-12-15-8-5-7-14-6-3-4-9-16(14)15/h3-4,6,9,15,18-19H,5,7-8,10-13H2,1-2H3. The van der Waals surface area contributed by atoms with Crippen molar-refractivity contribution in [3.8, 4) is 0 Å². The zero-order valence-electron chi connectivity index (χ0n) is 12.3. The predicted molar refractivity (Wildman–Crippen MR) is 80.5 cm³/mol. The van der Waals surface area contributed by atoms with Crippen LogP contribution < -0.4 is 5.32 Å². The minimum Gasteiger partial charge on any atom is -0.396 e. The minimum absolute atomic E-state index is 0.183. The summed E-state index contributed by atoms with van der Waals surface area (Å²) in [5.41, 5.74) is 3.26. The molecule has 106 valence electrons. The van der Waals surface area contributed by atoms with Gasteiger partial charge in [-0.1, -0.05) is 38.1 Å². The van der Waals surface area contributed by atoms with Crippen LogP contribution in [0.1, 0.15) is 50.2 Å². The fourth-order valence-electron chi connectivity index (χ4n) is 3.04. The molecule has 0 amide bonds. The topological polar surface area (TPSA) is 32.3 Å². The van der Waals surface area contributed by atoms with Gasteiger partial charge >= 0.3 is 0 Å². The summed E-state index contributed by atoms with van der Waals surface area (Å²) in [6.07, 6.45) is 4.71. The van der Waals surface area contributed by atoms with E-state index < -0.39 is 0 Å². The number of hydrogen-bond acceptors (Lipinski definition) is 2. The molecular formula is C17H27NO. The van der Waals surface area contributed by atoms with Crippen LogP contribution in [-0.2, 0) is 6.42 Å². The summed E-state index contributed by atoms with van der Waals surface area (Å²) < 4.78 is 0. The third kappa shape index (κ3) is 4.05. The summed E-state index contributed by atoms with van der Waals surface area (Å²) in [6.45, 7) is 6.75. The molecule has 2 nitrogen and oxygen atoms in total. The van der Waals surface area contributed by atoms with Gasteiger partial charge in [-0.2, -0.15) is 0 Å². The summed E-state index contributed by atoms with van der Waals surface area (Å²) in [6, 6.07) is 8.88. The molecule has 19 heavy (non-hydrogen) atoms. The molecule has 1 aliphatic carbocycles. The number of hydrogen-bond donors (Lipinski definition) is 2. The van der Waals surface area contributed by atoms with Gasteiger partial charge in [0, 0.05) is 19.7 Å². The molecule has 0 bridgehead atoms. The van der Waals surface area contributed by atoms with Gasteiger partial charge in [-0.15, -0.1) is 0 Å². The molecule has 2 heteroatoms. The van der Waals surface area contributed by atoms with Crippen LogP contribution in [0, 0.1) is 5.41 Å². The Balaban J connectivity index is 1.88. The molecule has 0 spiro atoms. The molecule has 2 rings (SSSR count). The largest absolute Gasteiger partial charge is 0.396 e. The lowest BCUT2D eigenvalue weighted by molar-refractivity contribution is 0.206. The zero-order chi connectivity index (χ0) is 13.7. The lowest BCUT2D eigenvalue weighted by atomic mass is 9.82. The molecule has 0 saturated carbocycles. The van der Waals surface area contributed by atoms with Gasteiger partial charge in [0.25, 0.3) is 0 Å². The minimum atomic E-state index is 0.183. The first kappa shape index (κ1) is 14.5. The Morgan fingerprint density at radius 3 is 2.89 bits per heavy atom. The maximum absolute atomic E-state index is 9.05. The van der Waals surface area contributed by atoms with Crippen LogP contribution >= 0.6 is 0 Å². The van der Waals surface area contributed by atoms with E-state index >= 15 is 0 Å². The van der Waals surface area contributed by atoms with Gasteiger partial charge in [0.1, 0.15) is 0 Å². The van der Waals surface area contributed by atoms with Gasteiger partial charge < -0.3 is 10.4 Å². The van der Waals surface area contributed by atoms with E-state index in [0.29, 0.717) is 5.92 Å². The van der Waals surface area contributed by atoms with E-state index in [9.17, 15) is 0 Å². The normalized spacial score (nSPS) is 19.2. The Morgan fingerprint density at radius 1 is 1.32 bits per heavy atom. The van der Waals surface area contributed by atoms with Gasteiger partial charge in [-0.3, -0.25) is 0 Å². The number of fused-ring (bicyclic) bond motifs is 1. The van der Waals surface area contributed by atoms with E-state index in [4.69, 9.17) is 5.11 Å². The molecule has 0 fully saturated rings. The number of aliphatic hydroxyl groups excluding tert-OH is 1. The third-order valence-electron chi connectivity index (χ3n) is 4.28. The highest BCUT2D eigenvalue weighted by Gasteiger charge is 2.21. The number of aryl methyl sites for hydroxylation is 1. The van der Waals surface area contributed by atoms with Crippen molar-refractivity contribution in [1.82, 2.24) is 5.32 Å². The van der Waals surface area contributed by atoms with Crippen LogP contribution in [0.5, 0.6) is 0 Å². The summed E-state index contributed by atoms with van der Waals surface area (Å²) >= 11 is 0. The van der Waals surface area contributed by atoms with Crippen LogP contribution in [0.25, 0.3) is 0 Å². The van der Waals surface area contributed by atoms with Gasteiger partial charge in [0.05, 0.1) is 0 Å². The first-order chi connectivity index (χ1) is 9.12. The molecule has 1 aliphatic rings. The van der Waals surface area contributed by atoms with Crippen LogP contribution in [0.2, 0.25) is 0 Å². The maximum atomic E-state index is 9.05. The molecule has 1 aromatic carbocycles. The van der Waals surface area contributed by atoms with E-state index in [2.05, 4.69) is 43.4 Å². The molecule has 1 unspecified atom stereocenters. The molecule has 0 aliphatic heterocycles. The average molecular weight is 261 g/mol. The van der Waals surface area contributed by atoms with Gasteiger partial charge in [-0.25, -0.2) is 0 Å². The van der Waals surface area contributed by atoms with E-state index in [1.54, 1.807) is 5.56 Å². The second-order valence-electron chi connectivity index (χ2n) is 6.56. The Labute approximate surface area is 117 Å². The zero-order valence-corrected chi connectivity index (χ0v) is 12.3. The van der Waals surface area contributed by atoms with Crippen molar-refractivity contribution < 1.29 is 5.11 Å². The smallest absolute Gasteiger partial charge is 0.0436 e. The van der Waals surface area contributed by atoms with E-state index in [-0.39, 0.29) is 12.0 Å².